The van der Waals surface area contributed by atoms with E-state index in [2.05, 4.69) is 47.1 Å². The molecular weight excluding hydrogens is 223 g/mol. The summed E-state index contributed by atoms with van der Waals surface area (Å²) in [5.74, 6) is 0. The second-order valence-corrected chi connectivity index (χ2v) is 6.69. The zero-order valence-corrected chi connectivity index (χ0v) is 9.58. The van der Waals surface area contributed by atoms with Crippen LogP contribution >= 0.6 is 0 Å². The normalized spacial score (nSPS) is 19.6. The number of allylic oxidation sites excluding steroid dienone is 1. The van der Waals surface area contributed by atoms with Gasteiger partial charge >= 0.3 is 84.6 Å². The Bertz CT molecular complexity index is 337. The van der Waals surface area contributed by atoms with Crippen LogP contribution in [0.15, 0.2) is 30.3 Å². The minimum atomic E-state index is -0.287. The fourth-order valence-corrected chi connectivity index (χ4v) is 4.05. The standard InChI is InChI=1S/C9H7.C2H4.Zr/c1-2-5-9-7-3-6-8(9)4-1;1-2;/h1-7H;1H,2H3;. The third kappa shape index (κ3) is 1.43. The van der Waals surface area contributed by atoms with E-state index in [1.165, 1.54) is 5.56 Å². The van der Waals surface area contributed by atoms with E-state index in [0.29, 0.717) is 0 Å². The van der Waals surface area contributed by atoms with E-state index in [4.69, 9.17) is 0 Å². The molecule has 1 aromatic rings. The van der Waals surface area contributed by atoms with Gasteiger partial charge in [-0.2, -0.15) is 0 Å². The predicted molar refractivity (Wildman–Crippen MR) is 50.0 cm³/mol. The molecule has 0 spiro atoms. The molecule has 1 aromatic carbocycles. The summed E-state index contributed by atoms with van der Waals surface area (Å²) in [6.07, 6.45) is 4.64. The van der Waals surface area contributed by atoms with Crippen LogP contribution < -0.4 is 0 Å². The van der Waals surface area contributed by atoms with Gasteiger partial charge in [-0.25, -0.2) is 0 Å². The van der Waals surface area contributed by atoms with E-state index in [1.807, 2.05) is 0 Å². The first kappa shape index (κ1) is 8.32. The molecule has 1 aliphatic carbocycles. The molecule has 0 N–H and O–H groups in total. The van der Waals surface area contributed by atoms with Crippen molar-refractivity contribution < 1.29 is 22.8 Å². The van der Waals surface area contributed by atoms with E-state index < -0.39 is 0 Å². The molecule has 0 nitrogen and oxygen atoms in total. The number of hydrogen-bond donors (Lipinski definition) is 0. The number of fused-ring (bicyclic) bond motifs is 1. The van der Waals surface area contributed by atoms with Gasteiger partial charge in [0.25, 0.3) is 0 Å². The summed E-state index contributed by atoms with van der Waals surface area (Å²) in [4.78, 5) is 0. The van der Waals surface area contributed by atoms with Crippen molar-refractivity contribution in [2.45, 2.75) is 10.5 Å². The van der Waals surface area contributed by atoms with E-state index in [-0.39, 0.29) is 22.8 Å². The van der Waals surface area contributed by atoms with Gasteiger partial charge in [0, 0.05) is 0 Å². The van der Waals surface area contributed by atoms with Crippen molar-refractivity contribution in [2.75, 3.05) is 0 Å². The quantitative estimate of drug-likeness (QED) is 0.701. The first-order valence-corrected chi connectivity index (χ1v) is 7.06. The van der Waals surface area contributed by atoms with Crippen LogP contribution in [-0.4, -0.2) is 3.71 Å². The Labute approximate surface area is 84.4 Å². The van der Waals surface area contributed by atoms with Crippen LogP contribution in [0.5, 0.6) is 0 Å². The zero-order valence-electron chi connectivity index (χ0n) is 7.12. The van der Waals surface area contributed by atoms with E-state index in [1.54, 1.807) is 5.56 Å². The molecule has 1 unspecified atom stereocenters. The molecule has 2 rings (SSSR count). The van der Waals surface area contributed by atoms with Crippen molar-refractivity contribution in [3.63, 3.8) is 0 Å². The molecule has 0 heterocycles. The maximum atomic E-state index is 2.40. The summed E-state index contributed by atoms with van der Waals surface area (Å²) in [5.41, 5.74) is 2.99. The van der Waals surface area contributed by atoms with Gasteiger partial charge in [-0.05, 0) is 0 Å². The fraction of sp³-hybridized carbons (Fsp3) is 0.182. The van der Waals surface area contributed by atoms with E-state index in [0.717, 1.165) is 3.63 Å². The fourth-order valence-electron chi connectivity index (χ4n) is 1.57. The predicted octanol–water partition coefficient (Wildman–Crippen LogP) is 2.66. The third-order valence-electron chi connectivity index (χ3n) is 2.15. The summed E-state index contributed by atoms with van der Waals surface area (Å²) < 4.78 is 3.20. The summed E-state index contributed by atoms with van der Waals surface area (Å²) in [6, 6.07) is 8.74. The second kappa shape index (κ2) is 3.62. The second-order valence-electron chi connectivity index (χ2n) is 2.92. The van der Waals surface area contributed by atoms with Crippen molar-refractivity contribution >= 4 is 9.78 Å². The van der Waals surface area contributed by atoms with Crippen LogP contribution in [0.3, 0.4) is 0 Å². The molecule has 0 saturated heterocycles. The van der Waals surface area contributed by atoms with E-state index >= 15 is 0 Å². The topological polar surface area (TPSA) is 0 Å². The van der Waals surface area contributed by atoms with Gasteiger partial charge in [0.2, 0.25) is 0 Å². The van der Waals surface area contributed by atoms with Crippen molar-refractivity contribution in [3.05, 3.63) is 41.5 Å². The Morgan fingerprint density at radius 2 is 2.17 bits per heavy atom. The summed E-state index contributed by atoms with van der Waals surface area (Å²) in [5, 5.41) is 0. The van der Waals surface area contributed by atoms with Crippen LogP contribution in [0.4, 0.5) is 0 Å². The average Bonchev–Trinajstić information content (AvgIpc) is 2.50. The van der Waals surface area contributed by atoms with Crippen molar-refractivity contribution in [1.82, 2.24) is 0 Å². The molecule has 1 heteroatoms. The van der Waals surface area contributed by atoms with Crippen LogP contribution in [-0.2, 0) is 22.8 Å². The first-order chi connectivity index (χ1) is 5.92. The molecule has 0 saturated carbocycles. The monoisotopic (exact) mass is 233 g/mol. The van der Waals surface area contributed by atoms with Crippen molar-refractivity contribution in [1.29, 1.82) is 0 Å². The Morgan fingerprint density at radius 1 is 1.33 bits per heavy atom. The van der Waals surface area contributed by atoms with Gasteiger partial charge in [0.15, 0.2) is 0 Å². The summed E-state index contributed by atoms with van der Waals surface area (Å²) >= 11 is -0.287. The Morgan fingerprint density at radius 3 is 3.00 bits per heavy atom. The molecule has 0 fully saturated rings. The maximum absolute atomic E-state index is 2.40. The Hall–Kier alpha value is -0.287. The van der Waals surface area contributed by atoms with Gasteiger partial charge < -0.3 is 0 Å². The van der Waals surface area contributed by atoms with Gasteiger partial charge in [-0.1, -0.05) is 0 Å². The van der Waals surface area contributed by atoms with Crippen LogP contribution in [0.2, 0.25) is 0 Å². The van der Waals surface area contributed by atoms with Crippen molar-refractivity contribution in [2.24, 2.45) is 0 Å². The summed E-state index contributed by atoms with van der Waals surface area (Å²) in [6.45, 7) is 2.20. The zero-order chi connectivity index (χ0) is 8.39. The molecule has 1 aliphatic rings. The van der Waals surface area contributed by atoms with Crippen LogP contribution in [0, 0.1) is 0 Å². The van der Waals surface area contributed by atoms with Gasteiger partial charge in [0.1, 0.15) is 0 Å². The molecular formula is C11H11Zr. The average molecular weight is 234 g/mol. The SMILES string of the molecule is C[CH]=[Zr][CH]1C=Cc2ccccc21. The van der Waals surface area contributed by atoms with Gasteiger partial charge in [0.05, 0.1) is 0 Å². The molecule has 0 aliphatic heterocycles. The third-order valence-corrected chi connectivity index (χ3v) is 5.09. The molecule has 0 aromatic heterocycles. The molecule has 0 radical (unpaired) electrons. The van der Waals surface area contributed by atoms with E-state index in [9.17, 15) is 0 Å². The molecule has 59 valence electrons. The molecule has 12 heavy (non-hydrogen) atoms. The number of benzene rings is 1. The van der Waals surface area contributed by atoms with Gasteiger partial charge in [-0.3, -0.25) is 0 Å². The van der Waals surface area contributed by atoms with Gasteiger partial charge in [-0.15, -0.1) is 0 Å². The Kier molecular flexibility index (Phi) is 2.51. The van der Waals surface area contributed by atoms with Crippen molar-refractivity contribution in [3.8, 4) is 0 Å². The minimum absolute atomic E-state index is 0.287. The molecule has 0 bridgehead atoms. The van der Waals surface area contributed by atoms with Crippen LogP contribution in [0.1, 0.15) is 21.7 Å². The Balaban J connectivity index is 2.42. The summed E-state index contributed by atoms with van der Waals surface area (Å²) in [7, 11) is 0. The number of rotatable bonds is 1. The van der Waals surface area contributed by atoms with Crippen LogP contribution in [0.25, 0.3) is 6.08 Å². The first-order valence-electron chi connectivity index (χ1n) is 4.23. The molecule has 0 amide bonds. The molecule has 1 atom stereocenters. The number of hydrogen-bond acceptors (Lipinski definition) is 0.